The predicted molar refractivity (Wildman–Crippen MR) is 137 cm³/mol. The third-order valence-electron chi connectivity index (χ3n) is 4.76. The number of thiazole rings is 1. The maximum atomic E-state index is 10.00. The van der Waals surface area contributed by atoms with Crippen LogP contribution in [0.5, 0.6) is 5.75 Å². The molecule has 1 aromatic carbocycles. The zero-order valence-electron chi connectivity index (χ0n) is 18.1. The first kappa shape index (κ1) is 23.7. The number of hydrogen-bond donors (Lipinski definition) is 1. The topological polar surface area (TPSA) is 98.4 Å². The van der Waals surface area contributed by atoms with Crippen LogP contribution in [0.1, 0.15) is 11.3 Å². The fraction of sp³-hybridized carbons (Fsp3) is 0.167. The van der Waals surface area contributed by atoms with Gasteiger partial charge in [-0.2, -0.15) is 16.6 Å². The van der Waals surface area contributed by atoms with Crippen LogP contribution in [0.15, 0.2) is 51.5 Å². The molecule has 0 aliphatic rings. The minimum absolute atomic E-state index is 0.101. The number of anilines is 1. The van der Waals surface area contributed by atoms with E-state index in [2.05, 4.69) is 21.3 Å². The van der Waals surface area contributed by atoms with Crippen molar-refractivity contribution < 1.29 is 9.47 Å². The lowest BCUT2D eigenvalue weighted by atomic mass is 10.00. The normalized spacial score (nSPS) is 10.6. The molecule has 0 bridgehead atoms. The SMILES string of the molecule is [C-]#[N+]c1c(N)nc(SCc2csc(-c3ccsc3)n2)c(C#N)c1-c1ccc(OCCOC)cc1. The van der Waals surface area contributed by atoms with Crippen molar-refractivity contribution in [3.63, 3.8) is 0 Å². The lowest BCUT2D eigenvalue weighted by Crippen LogP contribution is -2.04. The summed E-state index contributed by atoms with van der Waals surface area (Å²) in [6.07, 6.45) is 0. The summed E-state index contributed by atoms with van der Waals surface area (Å²) in [4.78, 5) is 12.6. The Morgan fingerprint density at radius 1 is 1.15 bits per heavy atom. The summed E-state index contributed by atoms with van der Waals surface area (Å²) >= 11 is 4.60. The predicted octanol–water partition coefficient (Wildman–Crippen LogP) is 6.26. The van der Waals surface area contributed by atoms with E-state index in [0.29, 0.717) is 46.4 Å². The number of ether oxygens (including phenoxy) is 2. The molecule has 34 heavy (non-hydrogen) atoms. The molecule has 0 aliphatic carbocycles. The van der Waals surface area contributed by atoms with Crippen LogP contribution in [-0.2, 0) is 10.5 Å². The molecule has 0 atom stereocenters. The highest BCUT2D eigenvalue weighted by molar-refractivity contribution is 7.98. The summed E-state index contributed by atoms with van der Waals surface area (Å²) < 4.78 is 10.6. The molecular formula is C24H19N5O2S3. The number of nitrogens with zero attached hydrogens (tertiary/aromatic N) is 4. The second kappa shape index (κ2) is 11.1. The zero-order valence-corrected chi connectivity index (χ0v) is 20.6. The van der Waals surface area contributed by atoms with Crippen LogP contribution in [-0.4, -0.2) is 30.3 Å². The van der Waals surface area contributed by atoms with Crippen molar-refractivity contribution in [2.75, 3.05) is 26.1 Å². The van der Waals surface area contributed by atoms with Crippen molar-refractivity contribution in [2.24, 2.45) is 0 Å². The van der Waals surface area contributed by atoms with Crippen molar-refractivity contribution in [3.8, 4) is 33.5 Å². The Balaban J connectivity index is 1.62. The highest BCUT2D eigenvalue weighted by Crippen LogP contribution is 2.42. The number of benzene rings is 1. The van der Waals surface area contributed by atoms with Gasteiger partial charge in [0.1, 0.15) is 34.3 Å². The molecule has 0 amide bonds. The first-order valence-corrected chi connectivity index (χ1v) is 12.9. The number of thiophene rings is 1. The van der Waals surface area contributed by atoms with E-state index >= 15 is 0 Å². The van der Waals surface area contributed by atoms with Gasteiger partial charge in [0, 0.05) is 34.7 Å². The number of nitriles is 1. The van der Waals surface area contributed by atoms with Gasteiger partial charge in [0.15, 0.2) is 0 Å². The lowest BCUT2D eigenvalue weighted by Gasteiger charge is -2.13. The fourth-order valence-corrected chi connectivity index (χ4v) is 5.69. The van der Waals surface area contributed by atoms with Crippen molar-refractivity contribution in [2.45, 2.75) is 10.8 Å². The van der Waals surface area contributed by atoms with Gasteiger partial charge in [-0.25, -0.2) is 14.8 Å². The largest absolute Gasteiger partial charge is 0.491 e. The molecule has 3 aromatic heterocycles. The Kier molecular flexibility index (Phi) is 7.78. The van der Waals surface area contributed by atoms with Crippen molar-refractivity contribution in [1.82, 2.24) is 9.97 Å². The zero-order chi connectivity index (χ0) is 23.9. The summed E-state index contributed by atoms with van der Waals surface area (Å²) in [6.45, 7) is 8.54. The van der Waals surface area contributed by atoms with Crippen LogP contribution < -0.4 is 10.5 Å². The minimum atomic E-state index is 0.101. The van der Waals surface area contributed by atoms with E-state index in [9.17, 15) is 5.26 Å². The first-order chi connectivity index (χ1) is 16.6. The van der Waals surface area contributed by atoms with Crippen molar-refractivity contribution >= 4 is 45.9 Å². The van der Waals surface area contributed by atoms with Gasteiger partial charge in [0.05, 0.1) is 24.4 Å². The van der Waals surface area contributed by atoms with Gasteiger partial charge >= 0.3 is 0 Å². The molecule has 3 heterocycles. The maximum absolute atomic E-state index is 10.00. The Morgan fingerprint density at radius 2 is 1.97 bits per heavy atom. The van der Waals surface area contributed by atoms with E-state index in [0.717, 1.165) is 16.3 Å². The van der Waals surface area contributed by atoms with Gasteiger partial charge in [-0.05, 0) is 29.1 Å². The fourth-order valence-electron chi connectivity index (χ4n) is 3.17. The summed E-state index contributed by atoms with van der Waals surface area (Å²) in [7, 11) is 1.61. The van der Waals surface area contributed by atoms with E-state index in [1.54, 1.807) is 41.9 Å². The second-order valence-corrected chi connectivity index (χ2v) is 9.54. The van der Waals surface area contributed by atoms with E-state index in [-0.39, 0.29) is 11.5 Å². The smallest absolute Gasteiger partial charge is 0.236 e. The van der Waals surface area contributed by atoms with Crippen LogP contribution in [0.3, 0.4) is 0 Å². The number of thioether (sulfide) groups is 1. The molecule has 0 spiro atoms. The monoisotopic (exact) mass is 505 g/mol. The Bertz CT molecular complexity index is 1350. The number of rotatable bonds is 9. The molecule has 0 aliphatic heterocycles. The summed E-state index contributed by atoms with van der Waals surface area (Å²) in [6, 6.07) is 11.5. The van der Waals surface area contributed by atoms with Gasteiger partial charge in [-0.3, -0.25) is 0 Å². The molecule has 4 aromatic rings. The van der Waals surface area contributed by atoms with E-state index in [1.165, 1.54) is 11.8 Å². The van der Waals surface area contributed by atoms with Crippen molar-refractivity contribution in [1.29, 1.82) is 5.26 Å². The quantitative estimate of drug-likeness (QED) is 0.163. The molecule has 4 rings (SSSR count). The van der Waals surface area contributed by atoms with E-state index in [1.807, 2.05) is 29.0 Å². The van der Waals surface area contributed by atoms with Crippen LogP contribution in [0, 0.1) is 17.9 Å². The molecule has 7 nitrogen and oxygen atoms in total. The first-order valence-electron chi connectivity index (χ1n) is 10.1. The van der Waals surface area contributed by atoms with Crippen LogP contribution in [0.2, 0.25) is 0 Å². The average Bonchev–Trinajstić information content (AvgIpc) is 3.55. The third kappa shape index (κ3) is 5.22. The Hall–Kier alpha value is -3.41. The lowest BCUT2D eigenvalue weighted by molar-refractivity contribution is 0.146. The molecular weight excluding hydrogens is 486 g/mol. The number of aromatic nitrogens is 2. The number of hydrogen-bond acceptors (Lipinski definition) is 9. The number of nitrogens with two attached hydrogens (primary N) is 1. The molecule has 0 fully saturated rings. The molecule has 2 N–H and O–H groups in total. The van der Waals surface area contributed by atoms with Gasteiger partial charge in [0.25, 0.3) is 0 Å². The molecule has 170 valence electrons. The molecule has 0 saturated heterocycles. The third-order valence-corrected chi connectivity index (χ3v) is 7.40. The number of methoxy groups -OCH3 is 1. The standard InChI is InChI=1S/C24H19N5O2S3/c1-27-21-20(15-3-5-18(6-4-15)31-9-8-30-2)19(11-25)24(29-22(21)26)34-14-17-13-33-23(28-17)16-7-10-32-12-16/h3-7,10,12-13H,8-9,14H2,2H3,(H2,26,29). The van der Waals surface area contributed by atoms with Crippen LogP contribution in [0.25, 0.3) is 26.5 Å². The van der Waals surface area contributed by atoms with Gasteiger partial charge in [0.2, 0.25) is 5.69 Å². The summed E-state index contributed by atoms with van der Waals surface area (Å²) in [5, 5.41) is 17.5. The minimum Gasteiger partial charge on any atom is -0.491 e. The second-order valence-electron chi connectivity index (χ2n) is 6.93. The van der Waals surface area contributed by atoms with Crippen LogP contribution in [0.4, 0.5) is 11.5 Å². The Morgan fingerprint density at radius 3 is 2.65 bits per heavy atom. The number of pyridine rings is 1. The highest BCUT2D eigenvalue weighted by atomic mass is 32.2. The average molecular weight is 506 g/mol. The molecule has 0 radical (unpaired) electrons. The Labute approximate surface area is 209 Å². The van der Waals surface area contributed by atoms with E-state index in [4.69, 9.17) is 26.8 Å². The molecule has 10 heteroatoms. The van der Waals surface area contributed by atoms with E-state index < -0.39 is 0 Å². The highest BCUT2D eigenvalue weighted by Gasteiger charge is 2.21. The summed E-state index contributed by atoms with van der Waals surface area (Å²) in [5.41, 5.74) is 9.82. The van der Waals surface area contributed by atoms with Crippen molar-refractivity contribution in [3.05, 3.63) is 69.1 Å². The van der Waals surface area contributed by atoms with Gasteiger partial charge in [-0.15, -0.1) is 11.3 Å². The maximum Gasteiger partial charge on any atom is 0.236 e. The summed E-state index contributed by atoms with van der Waals surface area (Å²) in [5.74, 6) is 1.31. The van der Waals surface area contributed by atoms with Gasteiger partial charge < -0.3 is 15.2 Å². The van der Waals surface area contributed by atoms with Crippen LogP contribution >= 0.6 is 34.4 Å². The van der Waals surface area contributed by atoms with Gasteiger partial charge in [-0.1, -0.05) is 23.9 Å². The molecule has 0 saturated carbocycles. The molecule has 0 unspecified atom stereocenters. The number of nitrogen functional groups attached to an aromatic ring is 1.